The van der Waals surface area contributed by atoms with Crippen LogP contribution >= 0.6 is 11.6 Å². The van der Waals surface area contributed by atoms with Crippen LogP contribution < -0.4 is 11.1 Å². The van der Waals surface area contributed by atoms with Gasteiger partial charge in [-0.25, -0.2) is 0 Å². The average Bonchev–Trinajstić information content (AvgIpc) is 2.42. The Labute approximate surface area is 120 Å². The van der Waals surface area contributed by atoms with E-state index < -0.39 is 0 Å². The first-order chi connectivity index (χ1) is 9.47. The van der Waals surface area contributed by atoms with Crippen molar-refractivity contribution >= 4 is 23.2 Å². The van der Waals surface area contributed by atoms with Gasteiger partial charge in [0.1, 0.15) is 11.5 Å². The number of phenolic OH excluding ortho intramolecular Hbond substituents is 2. The zero-order valence-corrected chi connectivity index (χ0v) is 11.2. The fourth-order valence-corrected chi connectivity index (χ4v) is 1.85. The Morgan fingerprint density at radius 3 is 2.55 bits per heavy atom. The van der Waals surface area contributed by atoms with Crippen LogP contribution in [0.3, 0.4) is 0 Å². The third-order valence-electron chi connectivity index (χ3n) is 2.75. The van der Waals surface area contributed by atoms with Crippen LogP contribution in [-0.4, -0.2) is 16.1 Å². The van der Waals surface area contributed by atoms with Crippen molar-refractivity contribution in [3.8, 4) is 11.5 Å². The summed E-state index contributed by atoms with van der Waals surface area (Å²) in [4.78, 5) is 11.9. The lowest BCUT2D eigenvalue weighted by molar-refractivity contribution is 0.0950. The molecule has 0 aliphatic rings. The van der Waals surface area contributed by atoms with Crippen LogP contribution in [0.4, 0.5) is 5.69 Å². The number of amides is 1. The molecule has 0 heterocycles. The fourth-order valence-electron chi connectivity index (χ4n) is 1.67. The number of nitrogens with two attached hydrogens (primary N) is 1. The maximum absolute atomic E-state index is 11.9. The van der Waals surface area contributed by atoms with Crippen LogP contribution in [0.2, 0.25) is 5.02 Å². The van der Waals surface area contributed by atoms with Gasteiger partial charge in [0.05, 0.1) is 5.02 Å². The van der Waals surface area contributed by atoms with Crippen molar-refractivity contribution in [1.82, 2.24) is 5.32 Å². The molecule has 0 saturated heterocycles. The molecule has 0 aliphatic heterocycles. The second-order valence-corrected chi connectivity index (χ2v) is 4.64. The summed E-state index contributed by atoms with van der Waals surface area (Å²) in [6, 6.07) is 8.78. The Morgan fingerprint density at radius 1 is 1.15 bits per heavy atom. The highest BCUT2D eigenvalue weighted by Gasteiger charge is 2.09. The molecule has 0 aliphatic carbocycles. The van der Waals surface area contributed by atoms with Gasteiger partial charge in [0.15, 0.2) is 0 Å². The van der Waals surface area contributed by atoms with Gasteiger partial charge < -0.3 is 21.3 Å². The van der Waals surface area contributed by atoms with E-state index in [4.69, 9.17) is 17.3 Å². The molecule has 6 heteroatoms. The lowest BCUT2D eigenvalue weighted by atomic mass is 10.1. The topological polar surface area (TPSA) is 95.6 Å². The third-order valence-corrected chi connectivity index (χ3v) is 3.06. The van der Waals surface area contributed by atoms with E-state index in [-0.39, 0.29) is 29.0 Å². The first-order valence-electron chi connectivity index (χ1n) is 5.81. The summed E-state index contributed by atoms with van der Waals surface area (Å²) in [6.07, 6.45) is 0. The number of phenols is 2. The molecule has 20 heavy (non-hydrogen) atoms. The van der Waals surface area contributed by atoms with E-state index in [1.165, 1.54) is 24.3 Å². The number of hydrogen-bond acceptors (Lipinski definition) is 4. The van der Waals surface area contributed by atoms with Crippen molar-refractivity contribution in [2.45, 2.75) is 6.54 Å². The highest BCUT2D eigenvalue weighted by Crippen LogP contribution is 2.24. The normalized spacial score (nSPS) is 10.2. The van der Waals surface area contributed by atoms with E-state index in [9.17, 15) is 15.0 Å². The van der Waals surface area contributed by atoms with Crippen LogP contribution in [0.15, 0.2) is 36.4 Å². The van der Waals surface area contributed by atoms with Crippen molar-refractivity contribution in [3.05, 3.63) is 52.5 Å². The summed E-state index contributed by atoms with van der Waals surface area (Å²) in [5.41, 5.74) is 6.94. The van der Waals surface area contributed by atoms with Gasteiger partial charge in [-0.05, 0) is 36.4 Å². The molecule has 5 nitrogen and oxygen atoms in total. The summed E-state index contributed by atoms with van der Waals surface area (Å²) in [7, 11) is 0. The fraction of sp³-hybridized carbons (Fsp3) is 0.0714. The van der Waals surface area contributed by atoms with Crippen molar-refractivity contribution in [2.24, 2.45) is 0 Å². The average molecular weight is 293 g/mol. The number of carbonyl (C=O) groups is 1. The summed E-state index contributed by atoms with van der Waals surface area (Å²) < 4.78 is 0. The molecule has 0 spiro atoms. The predicted molar refractivity (Wildman–Crippen MR) is 76.8 cm³/mol. The van der Waals surface area contributed by atoms with Crippen LogP contribution in [-0.2, 0) is 6.54 Å². The highest BCUT2D eigenvalue weighted by atomic mass is 35.5. The summed E-state index contributed by atoms with van der Waals surface area (Å²) >= 11 is 5.73. The Bertz CT molecular complexity index is 659. The molecule has 104 valence electrons. The molecule has 0 bridgehead atoms. The van der Waals surface area contributed by atoms with Gasteiger partial charge >= 0.3 is 0 Å². The summed E-state index contributed by atoms with van der Waals surface area (Å²) in [5, 5.41) is 21.7. The van der Waals surface area contributed by atoms with Gasteiger partial charge in [0.2, 0.25) is 0 Å². The molecule has 2 aromatic rings. The number of nitrogen functional groups attached to an aromatic ring is 1. The van der Waals surface area contributed by atoms with Crippen LogP contribution in [0.25, 0.3) is 0 Å². The summed E-state index contributed by atoms with van der Waals surface area (Å²) in [6.45, 7) is 0.133. The van der Waals surface area contributed by atoms with Crippen molar-refractivity contribution in [1.29, 1.82) is 0 Å². The van der Waals surface area contributed by atoms with Gasteiger partial charge in [-0.3, -0.25) is 4.79 Å². The van der Waals surface area contributed by atoms with Crippen LogP contribution in [0.1, 0.15) is 15.9 Å². The minimum atomic E-state index is -0.367. The maximum atomic E-state index is 11.9. The number of aromatic hydroxyl groups is 2. The van der Waals surface area contributed by atoms with E-state index in [2.05, 4.69) is 5.32 Å². The quantitative estimate of drug-likeness (QED) is 0.515. The molecule has 0 saturated carbocycles. The lowest BCUT2D eigenvalue weighted by Gasteiger charge is -2.08. The minimum absolute atomic E-state index is 0.0586. The zero-order chi connectivity index (χ0) is 14.7. The van der Waals surface area contributed by atoms with Crippen LogP contribution in [0.5, 0.6) is 11.5 Å². The number of benzene rings is 2. The van der Waals surface area contributed by atoms with Crippen molar-refractivity contribution in [2.75, 3.05) is 5.73 Å². The van der Waals surface area contributed by atoms with E-state index in [0.29, 0.717) is 16.8 Å². The molecule has 0 radical (unpaired) electrons. The number of nitrogens with one attached hydrogen (secondary N) is 1. The van der Waals surface area contributed by atoms with E-state index >= 15 is 0 Å². The van der Waals surface area contributed by atoms with E-state index in [0.717, 1.165) is 0 Å². The highest BCUT2D eigenvalue weighted by molar-refractivity contribution is 6.32. The molecule has 0 unspecified atom stereocenters. The zero-order valence-electron chi connectivity index (χ0n) is 10.4. The summed E-state index contributed by atoms with van der Waals surface area (Å²) in [5.74, 6) is -0.395. The molecular weight excluding hydrogens is 280 g/mol. The number of hydrogen-bond donors (Lipinski definition) is 4. The SMILES string of the molecule is Nc1ccc(O)c(CNC(=O)c2ccc(O)c(Cl)c2)c1. The van der Waals surface area contributed by atoms with Gasteiger partial charge in [0, 0.05) is 23.4 Å². The first kappa shape index (κ1) is 14.0. The Hall–Kier alpha value is -2.40. The molecule has 5 N–H and O–H groups in total. The lowest BCUT2D eigenvalue weighted by Crippen LogP contribution is -2.22. The Kier molecular flexibility index (Phi) is 4.00. The monoisotopic (exact) mass is 292 g/mol. The smallest absolute Gasteiger partial charge is 0.251 e. The standard InChI is InChI=1S/C14H13ClN2O3/c15-11-6-8(1-3-13(11)19)14(20)17-7-9-5-10(16)2-4-12(9)18/h1-6,18-19H,7,16H2,(H,17,20). The molecule has 0 atom stereocenters. The molecule has 0 fully saturated rings. The van der Waals surface area contributed by atoms with Gasteiger partial charge in [-0.15, -0.1) is 0 Å². The largest absolute Gasteiger partial charge is 0.508 e. The maximum Gasteiger partial charge on any atom is 0.251 e. The Balaban J connectivity index is 2.08. The van der Waals surface area contributed by atoms with Crippen LogP contribution in [0, 0.1) is 0 Å². The minimum Gasteiger partial charge on any atom is -0.508 e. The predicted octanol–water partition coefficient (Wildman–Crippen LogP) is 2.26. The number of halogens is 1. The third kappa shape index (κ3) is 3.13. The van der Waals surface area contributed by atoms with E-state index in [1.54, 1.807) is 12.1 Å². The van der Waals surface area contributed by atoms with Crippen molar-refractivity contribution < 1.29 is 15.0 Å². The molecule has 2 aromatic carbocycles. The number of carbonyl (C=O) groups excluding carboxylic acids is 1. The molecule has 2 rings (SSSR count). The van der Waals surface area contributed by atoms with Gasteiger partial charge in [-0.2, -0.15) is 0 Å². The molecule has 0 aromatic heterocycles. The Morgan fingerprint density at radius 2 is 1.85 bits per heavy atom. The van der Waals surface area contributed by atoms with Gasteiger partial charge in [0.25, 0.3) is 5.91 Å². The number of anilines is 1. The molecular formula is C14H13ClN2O3. The second-order valence-electron chi connectivity index (χ2n) is 4.24. The second kappa shape index (κ2) is 5.71. The van der Waals surface area contributed by atoms with Crippen molar-refractivity contribution in [3.63, 3.8) is 0 Å². The van der Waals surface area contributed by atoms with Gasteiger partial charge in [-0.1, -0.05) is 11.6 Å². The first-order valence-corrected chi connectivity index (χ1v) is 6.19. The number of rotatable bonds is 3. The van der Waals surface area contributed by atoms with E-state index in [1.807, 2.05) is 0 Å². The molecule has 1 amide bonds.